The molecular weight excluding hydrogens is 408 g/mol. The number of aryl methyl sites for hydroxylation is 1. The molecule has 0 saturated carbocycles. The quantitative estimate of drug-likeness (QED) is 0.478. The fourth-order valence-electron chi connectivity index (χ4n) is 3.22. The van der Waals surface area contributed by atoms with Gasteiger partial charge in [0.2, 0.25) is 11.8 Å². The first-order chi connectivity index (χ1) is 15.3. The van der Waals surface area contributed by atoms with Crippen molar-refractivity contribution in [1.29, 1.82) is 0 Å². The molecular formula is C23H22N6O3. The first-order valence-electron chi connectivity index (χ1n) is 10.0. The van der Waals surface area contributed by atoms with Gasteiger partial charge in [-0.3, -0.25) is 9.59 Å². The number of carbonyl (C=O) groups is 2. The average molecular weight is 430 g/mol. The normalized spacial score (nSPS) is 11.0. The smallest absolute Gasteiger partial charge is 0.257 e. The van der Waals surface area contributed by atoms with Crippen molar-refractivity contribution in [3.63, 3.8) is 0 Å². The molecule has 3 N–H and O–H groups in total. The summed E-state index contributed by atoms with van der Waals surface area (Å²) >= 11 is 0. The van der Waals surface area contributed by atoms with Crippen LogP contribution in [0.5, 0.6) is 11.6 Å². The summed E-state index contributed by atoms with van der Waals surface area (Å²) in [5, 5.41) is 7.98. The summed E-state index contributed by atoms with van der Waals surface area (Å²) in [4.78, 5) is 32.9. The van der Waals surface area contributed by atoms with Crippen molar-refractivity contribution >= 4 is 28.5 Å². The molecule has 9 nitrogen and oxygen atoms in total. The highest BCUT2D eigenvalue weighted by atomic mass is 16.5. The molecule has 0 aliphatic heterocycles. The maximum absolute atomic E-state index is 12.8. The van der Waals surface area contributed by atoms with E-state index in [0.29, 0.717) is 34.1 Å². The van der Waals surface area contributed by atoms with Crippen LogP contribution >= 0.6 is 0 Å². The van der Waals surface area contributed by atoms with Crippen molar-refractivity contribution < 1.29 is 14.3 Å². The van der Waals surface area contributed by atoms with Crippen molar-refractivity contribution in [2.75, 3.05) is 5.32 Å². The van der Waals surface area contributed by atoms with Gasteiger partial charge in [0.1, 0.15) is 5.75 Å². The first-order valence-corrected chi connectivity index (χ1v) is 10.0. The number of benzene rings is 1. The number of hydrogen-bond acceptors (Lipinski definition) is 6. The number of fused-ring (bicyclic) bond motifs is 1. The molecule has 4 rings (SSSR count). The third-order valence-electron chi connectivity index (χ3n) is 4.83. The number of nitrogens with one attached hydrogen (secondary N) is 1. The zero-order chi connectivity index (χ0) is 22.8. The van der Waals surface area contributed by atoms with Crippen LogP contribution in [0, 0.1) is 6.92 Å². The van der Waals surface area contributed by atoms with Crippen LogP contribution < -0.4 is 15.8 Å². The lowest BCUT2D eigenvalue weighted by molar-refractivity contribution is 0.0997. The number of aromatic nitrogens is 4. The van der Waals surface area contributed by atoms with E-state index in [2.05, 4.69) is 20.4 Å². The maximum Gasteiger partial charge on any atom is 0.257 e. The van der Waals surface area contributed by atoms with Gasteiger partial charge < -0.3 is 15.8 Å². The molecule has 0 bridgehead atoms. The number of carbonyl (C=O) groups excluding carboxylic acids is 2. The zero-order valence-corrected chi connectivity index (χ0v) is 17.9. The Kier molecular flexibility index (Phi) is 5.55. The lowest BCUT2D eigenvalue weighted by Crippen LogP contribution is -2.15. The Balaban J connectivity index is 1.49. The number of amides is 2. The van der Waals surface area contributed by atoms with Crippen LogP contribution in [0.1, 0.15) is 46.3 Å². The predicted octanol–water partition coefficient (Wildman–Crippen LogP) is 3.86. The topological polar surface area (TPSA) is 125 Å². The Hall–Kier alpha value is -4.27. The van der Waals surface area contributed by atoms with Crippen molar-refractivity contribution in [2.45, 2.75) is 26.8 Å². The Morgan fingerprint density at radius 3 is 2.62 bits per heavy atom. The number of anilines is 1. The molecule has 0 radical (unpaired) electrons. The molecule has 1 aromatic carbocycles. The monoisotopic (exact) mass is 430 g/mol. The standard InChI is InChI=1S/C23H22N6O3/c1-13(2)29-22-16(11-26-29)10-19(14(3)27-22)23(31)28-17-7-8-20(25-12-17)32-18-6-4-5-15(9-18)21(24)30/h4-13H,1-3H3,(H2,24,30)(H,28,31). The molecule has 32 heavy (non-hydrogen) atoms. The summed E-state index contributed by atoms with van der Waals surface area (Å²) in [5.74, 6) is -0.0904. The molecule has 162 valence electrons. The Morgan fingerprint density at radius 2 is 1.94 bits per heavy atom. The van der Waals surface area contributed by atoms with Crippen LogP contribution in [0.25, 0.3) is 11.0 Å². The van der Waals surface area contributed by atoms with E-state index >= 15 is 0 Å². The van der Waals surface area contributed by atoms with Crippen molar-refractivity contribution in [3.8, 4) is 11.6 Å². The van der Waals surface area contributed by atoms with E-state index in [9.17, 15) is 9.59 Å². The van der Waals surface area contributed by atoms with Gasteiger partial charge in [0.05, 0.1) is 29.3 Å². The third kappa shape index (κ3) is 4.27. The fraction of sp³-hybridized carbons (Fsp3) is 0.174. The van der Waals surface area contributed by atoms with Crippen LogP contribution in [-0.2, 0) is 0 Å². The van der Waals surface area contributed by atoms with Crippen LogP contribution in [0.15, 0.2) is 54.9 Å². The molecule has 0 unspecified atom stereocenters. The lowest BCUT2D eigenvalue weighted by Gasteiger charge is -2.10. The van der Waals surface area contributed by atoms with Crippen LogP contribution in [0.3, 0.4) is 0 Å². The fourth-order valence-corrected chi connectivity index (χ4v) is 3.22. The molecule has 3 aromatic heterocycles. The molecule has 0 aliphatic carbocycles. The highest BCUT2D eigenvalue weighted by molar-refractivity contribution is 6.06. The first kappa shape index (κ1) is 21.0. The average Bonchev–Trinajstić information content (AvgIpc) is 3.17. The molecule has 4 aromatic rings. The van der Waals surface area contributed by atoms with Gasteiger partial charge in [-0.25, -0.2) is 14.6 Å². The van der Waals surface area contributed by atoms with Gasteiger partial charge in [0.25, 0.3) is 5.91 Å². The van der Waals surface area contributed by atoms with Gasteiger partial charge >= 0.3 is 0 Å². The van der Waals surface area contributed by atoms with Gasteiger partial charge in [-0.15, -0.1) is 0 Å². The van der Waals surface area contributed by atoms with Crippen LogP contribution in [0.4, 0.5) is 5.69 Å². The minimum absolute atomic E-state index is 0.171. The lowest BCUT2D eigenvalue weighted by atomic mass is 10.1. The summed E-state index contributed by atoms with van der Waals surface area (Å²) in [6.45, 7) is 5.85. The second-order valence-corrected chi connectivity index (χ2v) is 7.55. The van der Waals surface area contributed by atoms with E-state index < -0.39 is 5.91 Å². The van der Waals surface area contributed by atoms with E-state index in [1.54, 1.807) is 49.5 Å². The van der Waals surface area contributed by atoms with Gasteiger partial charge in [-0.2, -0.15) is 5.10 Å². The SMILES string of the molecule is Cc1nc2c(cnn2C(C)C)cc1C(=O)Nc1ccc(Oc2cccc(C(N)=O)c2)nc1. The van der Waals surface area contributed by atoms with Crippen LogP contribution in [0.2, 0.25) is 0 Å². The zero-order valence-electron chi connectivity index (χ0n) is 17.9. The largest absolute Gasteiger partial charge is 0.439 e. The van der Waals surface area contributed by atoms with Crippen molar-refractivity contribution in [1.82, 2.24) is 19.7 Å². The number of hydrogen-bond donors (Lipinski definition) is 2. The Labute approximate surface area is 184 Å². The van der Waals surface area contributed by atoms with E-state index in [1.807, 2.05) is 18.5 Å². The summed E-state index contributed by atoms with van der Waals surface area (Å²) in [5.41, 5.74) is 7.95. The summed E-state index contributed by atoms with van der Waals surface area (Å²) in [6.07, 6.45) is 3.20. The second kappa shape index (κ2) is 8.46. The summed E-state index contributed by atoms with van der Waals surface area (Å²) < 4.78 is 7.48. The summed E-state index contributed by atoms with van der Waals surface area (Å²) in [7, 11) is 0. The molecule has 2 amide bonds. The Morgan fingerprint density at radius 1 is 1.12 bits per heavy atom. The molecule has 0 aliphatic rings. The van der Waals surface area contributed by atoms with E-state index in [0.717, 1.165) is 11.0 Å². The van der Waals surface area contributed by atoms with Crippen molar-refractivity contribution in [2.24, 2.45) is 5.73 Å². The van der Waals surface area contributed by atoms with Crippen LogP contribution in [-0.4, -0.2) is 31.6 Å². The molecule has 9 heteroatoms. The number of nitrogens with zero attached hydrogens (tertiary/aromatic N) is 4. The maximum atomic E-state index is 12.8. The van der Waals surface area contributed by atoms with Gasteiger partial charge in [-0.1, -0.05) is 6.07 Å². The van der Waals surface area contributed by atoms with Gasteiger partial charge in [0, 0.05) is 23.1 Å². The molecule has 0 saturated heterocycles. The summed E-state index contributed by atoms with van der Waals surface area (Å²) in [6, 6.07) is 11.7. The van der Waals surface area contributed by atoms with Gasteiger partial charge in [0.15, 0.2) is 5.65 Å². The minimum Gasteiger partial charge on any atom is -0.439 e. The highest BCUT2D eigenvalue weighted by Gasteiger charge is 2.16. The number of nitrogens with two attached hydrogens (primary N) is 1. The molecule has 0 spiro atoms. The number of ether oxygens (including phenoxy) is 1. The highest BCUT2D eigenvalue weighted by Crippen LogP contribution is 2.23. The van der Waals surface area contributed by atoms with Crippen molar-refractivity contribution in [3.05, 3.63) is 71.7 Å². The minimum atomic E-state index is -0.541. The van der Waals surface area contributed by atoms with E-state index in [-0.39, 0.29) is 11.9 Å². The predicted molar refractivity (Wildman–Crippen MR) is 120 cm³/mol. The third-order valence-corrected chi connectivity index (χ3v) is 4.83. The molecule has 0 atom stereocenters. The van der Waals surface area contributed by atoms with E-state index in [1.165, 1.54) is 12.3 Å². The molecule has 3 heterocycles. The van der Waals surface area contributed by atoms with E-state index in [4.69, 9.17) is 10.5 Å². The number of pyridine rings is 2. The number of primary amides is 1. The van der Waals surface area contributed by atoms with Gasteiger partial charge in [-0.05, 0) is 51.1 Å². The molecule has 0 fully saturated rings. The second-order valence-electron chi connectivity index (χ2n) is 7.55. The Bertz CT molecular complexity index is 1310. The number of rotatable bonds is 6.